The second-order valence-electron chi connectivity index (χ2n) is 9.09. The molecule has 8 heteroatoms. The smallest absolute Gasteiger partial charge is 0.321 e. The maximum absolute atomic E-state index is 13.1. The van der Waals surface area contributed by atoms with Crippen molar-refractivity contribution in [2.45, 2.75) is 52.6 Å². The van der Waals surface area contributed by atoms with E-state index in [1.165, 1.54) is 11.3 Å². The molecule has 178 valence electrons. The van der Waals surface area contributed by atoms with E-state index in [-0.39, 0.29) is 35.7 Å². The number of nitrogens with zero attached hydrogens (tertiary/aromatic N) is 1. The van der Waals surface area contributed by atoms with Gasteiger partial charge in [0.05, 0.1) is 4.88 Å². The highest BCUT2D eigenvalue weighted by Crippen LogP contribution is 2.23. The molecule has 3 rings (SSSR count). The molecule has 0 aliphatic carbocycles. The largest absolute Gasteiger partial charge is 0.352 e. The molecule has 3 N–H and O–H groups in total. The highest BCUT2D eigenvalue weighted by Gasteiger charge is 2.34. The van der Waals surface area contributed by atoms with Gasteiger partial charge in [-0.2, -0.15) is 0 Å². The van der Waals surface area contributed by atoms with Crippen LogP contribution in [-0.4, -0.2) is 47.9 Å². The summed E-state index contributed by atoms with van der Waals surface area (Å²) in [5.74, 6) is -0.155. The summed E-state index contributed by atoms with van der Waals surface area (Å²) < 4.78 is 0. The van der Waals surface area contributed by atoms with Crippen molar-refractivity contribution in [3.8, 4) is 0 Å². The van der Waals surface area contributed by atoms with E-state index in [0.29, 0.717) is 30.8 Å². The van der Waals surface area contributed by atoms with Crippen molar-refractivity contribution in [2.24, 2.45) is 11.8 Å². The van der Waals surface area contributed by atoms with Gasteiger partial charge in [-0.25, -0.2) is 4.79 Å². The Labute approximate surface area is 199 Å². The van der Waals surface area contributed by atoms with Gasteiger partial charge in [-0.15, -0.1) is 11.3 Å². The summed E-state index contributed by atoms with van der Waals surface area (Å²) in [4.78, 5) is 40.9. The quantitative estimate of drug-likeness (QED) is 0.565. The molecule has 0 saturated carbocycles. The van der Waals surface area contributed by atoms with Gasteiger partial charge >= 0.3 is 6.03 Å². The number of likely N-dealkylation sites (tertiary alicyclic amines) is 1. The van der Waals surface area contributed by atoms with E-state index < -0.39 is 6.04 Å². The third-order valence-electron chi connectivity index (χ3n) is 6.29. The average molecular weight is 471 g/mol. The number of anilines is 1. The van der Waals surface area contributed by atoms with Crippen molar-refractivity contribution in [1.82, 2.24) is 15.5 Å². The fraction of sp³-hybridized carbons (Fsp3) is 0.480. The van der Waals surface area contributed by atoms with Crippen LogP contribution in [0.2, 0.25) is 0 Å². The van der Waals surface area contributed by atoms with Crippen LogP contribution in [0.1, 0.15) is 48.8 Å². The minimum Gasteiger partial charge on any atom is -0.352 e. The van der Waals surface area contributed by atoms with E-state index >= 15 is 0 Å². The molecule has 2 heterocycles. The van der Waals surface area contributed by atoms with Crippen molar-refractivity contribution >= 4 is 34.9 Å². The number of piperidine rings is 1. The number of carbonyl (C=O) groups is 3. The Bertz CT molecular complexity index is 935. The molecule has 7 nitrogen and oxygen atoms in total. The van der Waals surface area contributed by atoms with Gasteiger partial charge in [-0.05, 0) is 62.1 Å². The van der Waals surface area contributed by atoms with Crippen LogP contribution in [0.25, 0.3) is 0 Å². The van der Waals surface area contributed by atoms with E-state index in [4.69, 9.17) is 0 Å². The molecular weight excluding hydrogens is 436 g/mol. The predicted octanol–water partition coefficient (Wildman–Crippen LogP) is 4.26. The minimum atomic E-state index is -0.636. The summed E-state index contributed by atoms with van der Waals surface area (Å²) in [6, 6.07) is 10.5. The highest BCUT2D eigenvalue weighted by atomic mass is 32.1. The Kier molecular flexibility index (Phi) is 8.49. The summed E-state index contributed by atoms with van der Waals surface area (Å²) >= 11 is 1.35. The van der Waals surface area contributed by atoms with E-state index in [0.717, 1.165) is 11.3 Å². The zero-order valence-electron chi connectivity index (χ0n) is 19.8. The van der Waals surface area contributed by atoms with Gasteiger partial charge in [0.1, 0.15) is 6.04 Å². The maximum atomic E-state index is 13.1. The zero-order valence-corrected chi connectivity index (χ0v) is 20.6. The van der Waals surface area contributed by atoms with Gasteiger partial charge in [-0.3, -0.25) is 9.59 Å². The van der Waals surface area contributed by atoms with E-state index in [9.17, 15) is 14.4 Å². The van der Waals surface area contributed by atoms with Crippen molar-refractivity contribution in [3.05, 3.63) is 52.2 Å². The molecule has 0 bridgehead atoms. The lowest BCUT2D eigenvalue weighted by Gasteiger charge is -2.36. The normalized spacial score (nSPS) is 16.2. The molecule has 0 radical (unpaired) electrons. The van der Waals surface area contributed by atoms with Crippen molar-refractivity contribution in [2.75, 3.05) is 18.4 Å². The molecule has 33 heavy (non-hydrogen) atoms. The Hall–Kier alpha value is -2.87. The molecule has 1 aliphatic heterocycles. The van der Waals surface area contributed by atoms with Crippen LogP contribution in [0.5, 0.6) is 0 Å². The molecule has 0 spiro atoms. The number of amides is 4. The Morgan fingerprint density at radius 1 is 1.00 bits per heavy atom. The number of hydrogen-bond acceptors (Lipinski definition) is 4. The molecule has 1 fully saturated rings. The first-order chi connectivity index (χ1) is 15.7. The van der Waals surface area contributed by atoms with E-state index in [1.54, 1.807) is 11.0 Å². The van der Waals surface area contributed by atoms with Crippen LogP contribution in [0.4, 0.5) is 10.5 Å². The number of benzene rings is 1. The number of thiophene rings is 1. The monoisotopic (exact) mass is 470 g/mol. The Morgan fingerprint density at radius 3 is 2.24 bits per heavy atom. The number of nitrogens with one attached hydrogen (secondary N) is 3. The van der Waals surface area contributed by atoms with E-state index in [1.807, 2.05) is 49.6 Å². The molecule has 2 aromatic rings. The van der Waals surface area contributed by atoms with Gasteiger partial charge in [0, 0.05) is 24.8 Å². The SMILES string of the molecule is Cc1ccc(NC(=O)N2CCC(C(NC(=O)c3cccs3)C(=O)NC(C)C(C)C)CC2)cc1. The van der Waals surface area contributed by atoms with Gasteiger partial charge in [0.25, 0.3) is 5.91 Å². The van der Waals surface area contributed by atoms with Crippen LogP contribution in [0.3, 0.4) is 0 Å². The topological polar surface area (TPSA) is 90.5 Å². The van der Waals surface area contributed by atoms with Gasteiger partial charge < -0.3 is 20.9 Å². The van der Waals surface area contributed by atoms with Crippen molar-refractivity contribution in [3.63, 3.8) is 0 Å². The molecular formula is C25H34N4O3S. The first-order valence-electron chi connectivity index (χ1n) is 11.5. The molecule has 2 unspecified atom stereocenters. The number of carbonyl (C=O) groups excluding carboxylic acids is 3. The maximum Gasteiger partial charge on any atom is 0.321 e. The zero-order chi connectivity index (χ0) is 24.0. The number of urea groups is 1. The van der Waals surface area contributed by atoms with Gasteiger partial charge in [0.15, 0.2) is 0 Å². The first kappa shape index (κ1) is 24.8. The summed E-state index contributed by atoms with van der Waals surface area (Å²) in [5.41, 5.74) is 1.89. The standard InChI is InChI=1S/C25H34N4O3S/c1-16(2)18(4)26-24(31)22(28-23(30)21-6-5-15-33-21)19-11-13-29(14-12-19)25(32)27-20-9-7-17(3)8-10-20/h5-10,15-16,18-19,22H,11-14H2,1-4H3,(H,26,31)(H,27,32)(H,28,30). The third kappa shape index (κ3) is 6.81. The van der Waals surface area contributed by atoms with Crippen LogP contribution >= 0.6 is 11.3 Å². The van der Waals surface area contributed by atoms with Crippen molar-refractivity contribution in [1.29, 1.82) is 0 Å². The second-order valence-corrected chi connectivity index (χ2v) is 10.0. The Balaban J connectivity index is 1.63. The fourth-order valence-electron chi connectivity index (χ4n) is 3.77. The van der Waals surface area contributed by atoms with Crippen LogP contribution < -0.4 is 16.0 Å². The number of rotatable bonds is 7. The van der Waals surface area contributed by atoms with Gasteiger partial charge in [0.2, 0.25) is 5.91 Å². The van der Waals surface area contributed by atoms with Gasteiger partial charge in [-0.1, -0.05) is 37.6 Å². The number of aryl methyl sites for hydroxylation is 1. The summed E-state index contributed by atoms with van der Waals surface area (Å²) in [7, 11) is 0. The Morgan fingerprint density at radius 2 is 1.67 bits per heavy atom. The van der Waals surface area contributed by atoms with Crippen LogP contribution in [-0.2, 0) is 4.79 Å². The van der Waals surface area contributed by atoms with Crippen molar-refractivity contribution < 1.29 is 14.4 Å². The summed E-state index contributed by atoms with van der Waals surface area (Å²) in [6.45, 7) is 9.13. The predicted molar refractivity (Wildman–Crippen MR) is 133 cm³/mol. The molecule has 1 aliphatic rings. The summed E-state index contributed by atoms with van der Waals surface area (Å²) in [5, 5.41) is 10.8. The van der Waals surface area contributed by atoms with Crippen LogP contribution in [0.15, 0.2) is 41.8 Å². The summed E-state index contributed by atoms with van der Waals surface area (Å²) in [6.07, 6.45) is 1.28. The molecule has 2 atom stereocenters. The lowest BCUT2D eigenvalue weighted by molar-refractivity contribution is -0.125. The average Bonchev–Trinajstić information content (AvgIpc) is 3.34. The third-order valence-corrected chi connectivity index (χ3v) is 7.15. The highest BCUT2D eigenvalue weighted by molar-refractivity contribution is 7.12. The minimum absolute atomic E-state index is 0.000911. The molecule has 1 aromatic heterocycles. The van der Waals surface area contributed by atoms with Crippen LogP contribution in [0, 0.1) is 18.8 Å². The number of hydrogen-bond donors (Lipinski definition) is 3. The lowest BCUT2D eigenvalue weighted by atomic mass is 9.88. The fourth-order valence-corrected chi connectivity index (χ4v) is 4.40. The lowest BCUT2D eigenvalue weighted by Crippen LogP contribution is -2.55. The van der Waals surface area contributed by atoms with E-state index in [2.05, 4.69) is 29.8 Å². The molecule has 4 amide bonds. The second kappa shape index (κ2) is 11.3. The molecule has 1 saturated heterocycles. The first-order valence-corrected chi connectivity index (χ1v) is 12.4. The molecule has 1 aromatic carbocycles.